The summed E-state index contributed by atoms with van der Waals surface area (Å²) in [5.41, 5.74) is 0.343. The van der Waals surface area contributed by atoms with E-state index in [4.69, 9.17) is 4.74 Å². The Kier molecular flexibility index (Phi) is 7.70. The lowest BCUT2D eigenvalue weighted by molar-refractivity contribution is -0.141. The van der Waals surface area contributed by atoms with Gasteiger partial charge >= 0.3 is 5.97 Å². The first-order chi connectivity index (χ1) is 13.8. The van der Waals surface area contributed by atoms with Crippen LogP contribution >= 0.6 is 0 Å². The summed E-state index contributed by atoms with van der Waals surface area (Å²) in [4.78, 5) is 11.6. The molecule has 9 atom stereocenters. The lowest BCUT2D eigenvalue weighted by atomic mass is 9.58. The Labute approximate surface area is 177 Å². The minimum absolute atomic E-state index is 0.0926. The van der Waals surface area contributed by atoms with E-state index >= 15 is 0 Å². The van der Waals surface area contributed by atoms with Gasteiger partial charge in [0.1, 0.15) is 0 Å². The van der Waals surface area contributed by atoms with Gasteiger partial charge < -0.3 is 14.9 Å². The summed E-state index contributed by atoms with van der Waals surface area (Å²) >= 11 is 0. The summed E-state index contributed by atoms with van der Waals surface area (Å²) < 4.78 is 4.85. The predicted molar refractivity (Wildman–Crippen MR) is 115 cm³/mol. The summed E-state index contributed by atoms with van der Waals surface area (Å²) in [7, 11) is 1.48. The number of rotatable bonds is 7. The molecule has 168 valence electrons. The summed E-state index contributed by atoms with van der Waals surface area (Å²) in [6.07, 6.45) is 10.9. The molecule has 2 N–H and O–H groups in total. The average Bonchev–Trinajstić information content (AvgIpc) is 3.05. The fraction of sp³-hybridized carbons (Fsp3) is 0.960. The molecule has 0 spiro atoms. The summed E-state index contributed by atoms with van der Waals surface area (Å²) in [6, 6.07) is 0. The van der Waals surface area contributed by atoms with Crippen molar-refractivity contribution in [1.29, 1.82) is 0 Å². The van der Waals surface area contributed by atoms with Crippen molar-refractivity contribution < 1.29 is 19.7 Å². The van der Waals surface area contributed by atoms with Crippen LogP contribution in [0.4, 0.5) is 0 Å². The van der Waals surface area contributed by atoms with E-state index in [1.54, 1.807) is 0 Å². The van der Waals surface area contributed by atoms with Crippen molar-refractivity contribution in [2.24, 2.45) is 40.9 Å². The Morgan fingerprint density at radius 3 is 2.69 bits per heavy atom. The molecule has 0 radical (unpaired) electrons. The van der Waals surface area contributed by atoms with Gasteiger partial charge in [-0.15, -0.1) is 0 Å². The van der Waals surface area contributed by atoms with Crippen molar-refractivity contribution in [3.8, 4) is 0 Å². The number of hydrogen-bond acceptors (Lipinski definition) is 4. The highest BCUT2D eigenvalue weighted by Crippen LogP contribution is 2.61. The van der Waals surface area contributed by atoms with Crippen LogP contribution in [0, 0.1) is 40.9 Å². The molecular weight excluding hydrogens is 364 g/mol. The van der Waals surface area contributed by atoms with Crippen LogP contribution in [0.2, 0.25) is 0 Å². The standard InChI is InChI=1S/C25H44O4/c1-16-7-9-19(26)15-20(16)23(27)14-18-6-5-13-25(3)21(10-11-22(18)25)17(2)8-12-24(28)29-4/h16-23,26-27H,5-15H2,1-4H3. The molecule has 3 saturated carbocycles. The predicted octanol–water partition coefficient (Wildman–Crippen LogP) is 4.96. The number of ether oxygens (including phenoxy) is 1. The van der Waals surface area contributed by atoms with E-state index in [0.717, 1.165) is 32.1 Å². The van der Waals surface area contributed by atoms with Crippen molar-refractivity contribution in [2.45, 2.75) is 104 Å². The van der Waals surface area contributed by atoms with Crippen LogP contribution in [0.3, 0.4) is 0 Å². The highest BCUT2D eigenvalue weighted by atomic mass is 16.5. The molecule has 0 aliphatic heterocycles. The molecule has 3 aliphatic carbocycles. The van der Waals surface area contributed by atoms with E-state index in [0.29, 0.717) is 41.4 Å². The number of hydrogen-bond donors (Lipinski definition) is 2. The van der Waals surface area contributed by atoms with Crippen molar-refractivity contribution in [3.63, 3.8) is 0 Å². The monoisotopic (exact) mass is 408 g/mol. The average molecular weight is 409 g/mol. The SMILES string of the molecule is COC(=O)CCC(C)C1CCC2C(CC(O)C3CC(O)CCC3C)CCCC12C. The number of carbonyl (C=O) groups excluding carboxylic acids is 1. The van der Waals surface area contributed by atoms with Gasteiger partial charge in [0.05, 0.1) is 19.3 Å². The number of fused-ring (bicyclic) bond motifs is 1. The van der Waals surface area contributed by atoms with E-state index in [9.17, 15) is 15.0 Å². The second-order valence-electron chi connectivity index (χ2n) is 11.0. The normalized spacial score (nSPS) is 42.1. The van der Waals surface area contributed by atoms with E-state index in [2.05, 4.69) is 20.8 Å². The molecule has 3 aliphatic rings. The van der Waals surface area contributed by atoms with Gasteiger partial charge in [0, 0.05) is 6.42 Å². The largest absolute Gasteiger partial charge is 0.469 e. The van der Waals surface area contributed by atoms with Crippen LogP contribution in [0.15, 0.2) is 0 Å². The van der Waals surface area contributed by atoms with E-state index in [-0.39, 0.29) is 24.1 Å². The second-order valence-corrected chi connectivity index (χ2v) is 11.0. The van der Waals surface area contributed by atoms with Gasteiger partial charge in [0.2, 0.25) is 0 Å². The zero-order valence-corrected chi connectivity index (χ0v) is 19.1. The molecule has 0 bridgehead atoms. The van der Waals surface area contributed by atoms with E-state index in [1.165, 1.54) is 39.2 Å². The maximum Gasteiger partial charge on any atom is 0.305 e. The number of carbonyl (C=O) groups is 1. The third kappa shape index (κ3) is 5.01. The minimum Gasteiger partial charge on any atom is -0.469 e. The van der Waals surface area contributed by atoms with Gasteiger partial charge in [-0.25, -0.2) is 0 Å². The fourth-order valence-corrected chi connectivity index (χ4v) is 7.61. The quantitative estimate of drug-likeness (QED) is 0.585. The van der Waals surface area contributed by atoms with Crippen molar-refractivity contribution in [3.05, 3.63) is 0 Å². The Bertz CT molecular complexity index is 549. The molecule has 29 heavy (non-hydrogen) atoms. The van der Waals surface area contributed by atoms with Crippen LogP contribution < -0.4 is 0 Å². The topological polar surface area (TPSA) is 66.8 Å². The maximum absolute atomic E-state index is 11.6. The molecule has 9 unspecified atom stereocenters. The summed E-state index contributed by atoms with van der Waals surface area (Å²) in [5, 5.41) is 21.2. The van der Waals surface area contributed by atoms with Gasteiger partial charge in [0.25, 0.3) is 0 Å². The molecule has 0 aromatic heterocycles. The van der Waals surface area contributed by atoms with Crippen molar-refractivity contribution in [1.82, 2.24) is 0 Å². The number of methoxy groups -OCH3 is 1. The first-order valence-corrected chi connectivity index (χ1v) is 12.2. The molecule has 3 fully saturated rings. The van der Waals surface area contributed by atoms with E-state index in [1.807, 2.05) is 0 Å². The zero-order chi connectivity index (χ0) is 21.2. The first-order valence-electron chi connectivity index (χ1n) is 12.2. The van der Waals surface area contributed by atoms with Gasteiger partial charge in [-0.1, -0.05) is 33.6 Å². The lowest BCUT2D eigenvalue weighted by Crippen LogP contribution is -2.42. The number of aliphatic hydroxyl groups is 2. The molecule has 4 nitrogen and oxygen atoms in total. The summed E-state index contributed by atoms with van der Waals surface area (Å²) in [5.74, 6) is 3.19. The first kappa shape index (κ1) is 23.1. The molecule has 0 amide bonds. The van der Waals surface area contributed by atoms with Crippen LogP contribution in [0.5, 0.6) is 0 Å². The van der Waals surface area contributed by atoms with Crippen LogP contribution in [0.25, 0.3) is 0 Å². The second kappa shape index (κ2) is 9.68. The van der Waals surface area contributed by atoms with Gasteiger partial charge in [-0.3, -0.25) is 4.79 Å². The Balaban J connectivity index is 1.62. The Morgan fingerprint density at radius 2 is 1.97 bits per heavy atom. The van der Waals surface area contributed by atoms with E-state index < -0.39 is 0 Å². The molecule has 0 aromatic carbocycles. The molecule has 4 heteroatoms. The van der Waals surface area contributed by atoms with Crippen molar-refractivity contribution >= 4 is 5.97 Å². The van der Waals surface area contributed by atoms with Gasteiger partial charge in [-0.2, -0.15) is 0 Å². The van der Waals surface area contributed by atoms with Crippen molar-refractivity contribution in [2.75, 3.05) is 7.11 Å². The lowest BCUT2D eigenvalue weighted by Gasteiger charge is -2.48. The molecular formula is C25H44O4. The molecule has 0 aromatic rings. The summed E-state index contributed by atoms with van der Waals surface area (Å²) in [6.45, 7) is 7.07. The maximum atomic E-state index is 11.6. The third-order valence-corrected chi connectivity index (χ3v) is 9.33. The Morgan fingerprint density at radius 1 is 1.21 bits per heavy atom. The molecule has 0 heterocycles. The smallest absolute Gasteiger partial charge is 0.305 e. The number of esters is 1. The van der Waals surface area contributed by atoms with Crippen LogP contribution in [-0.2, 0) is 9.53 Å². The molecule has 3 rings (SSSR count). The third-order valence-electron chi connectivity index (χ3n) is 9.33. The Hall–Kier alpha value is -0.610. The highest BCUT2D eigenvalue weighted by molar-refractivity contribution is 5.69. The molecule has 0 saturated heterocycles. The highest BCUT2D eigenvalue weighted by Gasteiger charge is 2.52. The van der Waals surface area contributed by atoms with Gasteiger partial charge in [0.15, 0.2) is 0 Å². The van der Waals surface area contributed by atoms with Crippen LogP contribution in [-0.4, -0.2) is 35.5 Å². The van der Waals surface area contributed by atoms with Gasteiger partial charge in [-0.05, 0) is 92.3 Å². The zero-order valence-electron chi connectivity index (χ0n) is 19.1. The van der Waals surface area contributed by atoms with Crippen LogP contribution in [0.1, 0.15) is 91.4 Å². The number of aliphatic hydroxyl groups excluding tert-OH is 2. The minimum atomic E-state index is -0.275. The fourth-order valence-electron chi connectivity index (χ4n) is 7.61.